The molecule has 0 spiro atoms. The Balaban J connectivity index is 1.66. The Morgan fingerprint density at radius 2 is 1.90 bits per heavy atom. The first kappa shape index (κ1) is 21.0. The summed E-state index contributed by atoms with van der Waals surface area (Å²) in [6, 6.07) is 11.9. The van der Waals surface area contributed by atoms with E-state index >= 15 is 0 Å². The predicted molar refractivity (Wildman–Crippen MR) is 117 cm³/mol. The lowest BCUT2D eigenvalue weighted by Gasteiger charge is -2.13. The number of nitrogens with zero attached hydrogens (tertiary/aromatic N) is 3. The third-order valence-corrected chi connectivity index (χ3v) is 4.83. The van der Waals surface area contributed by atoms with E-state index in [1.54, 1.807) is 24.7 Å². The summed E-state index contributed by atoms with van der Waals surface area (Å²) in [5.41, 5.74) is 9.48. The molecular weight excluding hydrogens is 378 g/mol. The molecule has 0 fully saturated rings. The Morgan fingerprint density at radius 3 is 2.63 bits per heavy atom. The fourth-order valence-corrected chi connectivity index (χ4v) is 3.23. The number of carbonyl (C=O) groups is 2. The van der Waals surface area contributed by atoms with Crippen LogP contribution < -0.4 is 10.7 Å². The van der Waals surface area contributed by atoms with Gasteiger partial charge in [0.2, 0.25) is 0 Å². The summed E-state index contributed by atoms with van der Waals surface area (Å²) in [6.07, 6.45) is 4.82. The lowest BCUT2D eigenvalue weighted by Crippen LogP contribution is -2.37. The maximum Gasteiger partial charge on any atom is 0.329 e. The van der Waals surface area contributed by atoms with Crippen molar-refractivity contribution in [3.05, 3.63) is 82.4 Å². The van der Waals surface area contributed by atoms with Crippen molar-refractivity contribution in [1.29, 1.82) is 0 Å². The maximum absolute atomic E-state index is 12.0. The highest BCUT2D eigenvalue weighted by molar-refractivity contribution is 6.35. The Kier molecular flexibility index (Phi) is 6.41. The Bertz CT molecular complexity index is 1100. The Labute approximate surface area is 175 Å². The quantitative estimate of drug-likeness (QED) is 0.390. The topological polar surface area (TPSA) is 88.4 Å². The fourth-order valence-electron chi connectivity index (χ4n) is 3.23. The monoisotopic (exact) mass is 403 g/mol. The van der Waals surface area contributed by atoms with Gasteiger partial charge in [-0.3, -0.25) is 14.6 Å². The minimum absolute atomic E-state index is 0.223. The molecule has 0 atom stereocenters. The van der Waals surface area contributed by atoms with Gasteiger partial charge in [-0.15, -0.1) is 0 Å². The van der Waals surface area contributed by atoms with E-state index in [4.69, 9.17) is 0 Å². The van der Waals surface area contributed by atoms with Crippen LogP contribution in [-0.4, -0.2) is 27.6 Å². The van der Waals surface area contributed by atoms with Crippen LogP contribution in [0.15, 0.2) is 53.9 Å². The maximum atomic E-state index is 12.0. The number of rotatable bonds is 5. The van der Waals surface area contributed by atoms with Gasteiger partial charge in [0.15, 0.2) is 0 Å². The number of nitrogens with one attached hydrogen (secondary N) is 2. The average Bonchev–Trinajstić information content (AvgIpc) is 3.01. The second-order valence-electron chi connectivity index (χ2n) is 7.19. The van der Waals surface area contributed by atoms with Crippen LogP contribution in [0.25, 0.3) is 5.69 Å². The van der Waals surface area contributed by atoms with Crippen LogP contribution in [0.5, 0.6) is 0 Å². The molecule has 0 saturated heterocycles. The fraction of sp³-hybridized carbons (Fsp3) is 0.217. The number of aryl methyl sites for hydroxylation is 3. The minimum Gasteiger partial charge on any atom is -0.344 e. The van der Waals surface area contributed by atoms with Gasteiger partial charge >= 0.3 is 11.8 Å². The van der Waals surface area contributed by atoms with Gasteiger partial charge in [0.25, 0.3) is 0 Å². The number of amides is 2. The second-order valence-corrected chi connectivity index (χ2v) is 7.19. The molecule has 2 heterocycles. The molecule has 0 radical (unpaired) electrons. The van der Waals surface area contributed by atoms with Crippen molar-refractivity contribution in [2.24, 2.45) is 5.10 Å². The zero-order chi connectivity index (χ0) is 21.7. The molecule has 0 bridgehead atoms. The third-order valence-electron chi connectivity index (χ3n) is 4.83. The lowest BCUT2D eigenvalue weighted by molar-refractivity contribution is -0.139. The average molecular weight is 403 g/mol. The zero-order valence-corrected chi connectivity index (χ0v) is 17.6. The highest BCUT2D eigenvalue weighted by Crippen LogP contribution is 2.23. The Hall–Kier alpha value is -3.74. The van der Waals surface area contributed by atoms with Gasteiger partial charge in [-0.2, -0.15) is 5.10 Å². The van der Waals surface area contributed by atoms with Gasteiger partial charge < -0.3 is 9.88 Å². The van der Waals surface area contributed by atoms with Crippen molar-refractivity contribution >= 4 is 18.0 Å². The van der Waals surface area contributed by atoms with E-state index in [-0.39, 0.29) is 6.54 Å². The van der Waals surface area contributed by atoms with Gasteiger partial charge in [-0.25, -0.2) is 5.43 Å². The highest BCUT2D eigenvalue weighted by Gasteiger charge is 2.13. The van der Waals surface area contributed by atoms with E-state index in [2.05, 4.69) is 57.4 Å². The van der Waals surface area contributed by atoms with Crippen LogP contribution in [0, 0.1) is 27.7 Å². The molecule has 0 aliphatic carbocycles. The van der Waals surface area contributed by atoms with E-state index in [0.29, 0.717) is 0 Å². The van der Waals surface area contributed by atoms with Crippen LogP contribution in [0.3, 0.4) is 0 Å². The zero-order valence-electron chi connectivity index (χ0n) is 17.6. The minimum atomic E-state index is -0.821. The molecule has 0 aliphatic heterocycles. The molecule has 3 aromatic rings. The van der Waals surface area contributed by atoms with Crippen molar-refractivity contribution < 1.29 is 9.59 Å². The molecular formula is C23H25N5O2. The predicted octanol–water partition coefficient (Wildman–Crippen LogP) is 2.87. The summed E-state index contributed by atoms with van der Waals surface area (Å²) in [5.74, 6) is -1.57. The van der Waals surface area contributed by atoms with Crippen LogP contribution in [-0.2, 0) is 16.1 Å². The summed E-state index contributed by atoms with van der Waals surface area (Å²) in [6.45, 7) is 8.38. The molecule has 154 valence electrons. The summed E-state index contributed by atoms with van der Waals surface area (Å²) in [5, 5.41) is 6.49. The molecule has 1 aromatic carbocycles. The van der Waals surface area contributed by atoms with Gasteiger partial charge in [-0.1, -0.05) is 18.2 Å². The summed E-state index contributed by atoms with van der Waals surface area (Å²) < 4.78 is 2.16. The van der Waals surface area contributed by atoms with Crippen LogP contribution >= 0.6 is 0 Å². The number of carbonyl (C=O) groups excluding carboxylic acids is 2. The van der Waals surface area contributed by atoms with Crippen molar-refractivity contribution in [1.82, 2.24) is 20.3 Å². The molecule has 2 N–H and O–H groups in total. The van der Waals surface area contributed by atoms with Crippen LogP contribution in [0.1, 0.15) is 33.6 Å². The number of hydrogen-bond donors (Lipinski definition) is 2. The largest absolute Gasteiger partial charge is 0.344 e. The van der Waals surface area contributed by atoms with Gasteiger partial charge in [0.05, 0.1) is 6.21 Å². The first-order valence-corrected chi connectivity index (χ1v) is 9.63. The highest BCUT2D eigenvalue weighted by atomic mass is 16.2. The van der Waals surface area contributed by atoms with E-state index in [1.807, 2.05) is 26.0 Å². The SMILES string of the molecule is Cc1ccc(C)c(-n2c(C)cc(/C=N\NC(=O)C(=O)NCc3cccnc3)c2C)c1. The van der Waals surface area contributed by atoms with Crippen molar-refractivity contribution in [3.63, 3.8) is 0 Å². The molecule has 0 saturated carbocycles. The van der Waals surface area contributed by atoms with Crippen LogP contribution in [0.4, 0.5) is 0 Å². The number of aromatic nitrogens is 2. The van der Waals surface area contributed by atoms with Crippen molar-refractivity contribution in [2.45, 2.75) is 34.2 Å². The normalized spacial score (nSPS) is 10.9. The lowest BCUT2D eigenvalue weighted by atomic mass is 10.1. The smallest absolute Gasteiger partial charge is 0.329 e. The van der Waals surface area contributed by atoms with E-state index in [9.17, 15) is 9.59 Å². The summed E-state index contributed by atoms with van der Waals surface area (Å²) in [7, 11) is 0. The van der Waals surface area contributed by atoms with E-state index < -0.39 is 11.8 Å². The van der Waals surface area contributed by atoms with Gasteiger partial charge in [-0.05, 0) is 62.6 Å². The molecule has 7 heteroatoms. The molecule has 2 aromatic heterocycles. The number of pyridine rings is 1. The second kappa shape index (κ2) is 9.17. The molecule has 0 unspecified atom stereocenters. The molecule has 0 aliphatic rings. The number of benzene rings is 1. The molecule has 7 nitrogen and oxygen atoms in total. The first-order valence-electron chi connectivity index (χ1n) is 9.63. The van der Waals surface area contributed by atoms with Gasteiger partial charge in [0, 0.05) is 41.6 Å². The third kappa shape index (κ3) is 4.81. The molecule has 2 amide bonds. The standard InChI is InChI=1S/C23H25N5O2/c1-15-7-8-16(2)21(10-15)28-17(3)11-20(18(28)4)14-26-27-23(30)22(29)25-13-19-6-5-9-24-12-19/h5-12,14H,13H2,1-4H3,(H,25,29)(H,27,30)/b26-14-. The van der Waals surface area contributed by atoms with Crippen LogP contribution in [0.2, 0.25) is 0 Å². The Morgan fingerprint density at radius 1 is 1.10 bits per heavy atom. The van der Waals surface area contributed by atoms with E-state index in [1.165, 1.54) is 11.1 Å². The number of hydrazone groups is 1. The summed E-state index contributed by atoms with van der Waals surface area (Å²) >= 11 is 0. The molecule has 3 rings (SSSR count). The number of hydrogen-bond acceptors (Lipinski definition) is 4. The van der Waals surface area contributed by atoms with E-state index in [0.717, 1.165) is 28.2 Å². The summed E-state index contributed by atoms with van der Waals surface area (Å²) in [4.78, 5) is 27.8. The first-order chi connectivity index (χ1) is 14.4. The van der Waals surface area contributed by atoms with Gasteiger partial charge in [0.1, 0.15) is 0 Å². The van der Waals surface area contributed by atoms with Crippen molar-refractivity contribution in [3.8, 4) is 5.69 Å². The van der Waals surface area contributed by atoms with Crippen molar-refractivity contribution in [2.75, 3.05) is 0 Å². The molecule has 30 heavy (non-hydrogen) atoms.